The second-order valence-corrected chi connectivity index (χ2v) is 14.8. The van der Waals surface area contributed by atoms with Crippen molar-refractivity contribution in [3.05, 3.63) is 77.0 Å². The molecule has 1 heterocycles. The van der Waals surface area contributed by atoms with Gasteiger partial charge in [0.2, 0.25) is 10.0 Å². The largest absolute Gasteiger partial charge is 0.462 e. The summed E-state index contributed by atoms with van der Waals surface area (Å²) in [5.41, 5.74) is -0.679. The number of hydrogen-bond acceptors (Lipinski definition) is 8. The molecule has 0 spiro atoms. The Morgan fingerprint density at radius 1 is 1.02 bits per heavy atom. The minimum Gasteiger partial charge on any atom is -0.462 e. The van der Waals surface area contributed by atoms with Crippen molar-refractivity contribution >= 4 is 38.5 Å². The molecule has 9 nitrogen and oxygen atoms in total. The first-order valence-corrected chi connectivity index (χ1v) is 17.1. The summed E-state index contributed by atoms with van der Waals surface area (Å²) in [4.78, 5) is 9.30. The second-order valence-electron chi connectivity index (χ2n) is 11.0. The van der Waals surface area contributed by atoms with Crippen molar-refractivity contribution in [2.75, 3.05) is 31.6 Å². The number of halogens is 3. The molecule has 1 aliphatic rings. The third kappa shape index (κ3) is 13.2. The van der Waals surface area contributed by atoms with Crippen molar-refractivity contribution < 1.29 is 39.5 Å². The molecule has 0 amide bonds. The Balaban J connectivity index is 0.000000860. The molecule has 244 valence electrons. The number of sulfone groups is 1. The maximum atomic E-state index is 13.6. The molecule has 0 atom stereocenters. The molecule has 3 rings (SSSR count). The third-order valence-corrected chi connectivity index (χ3v) is 9.18. The fraction of sp³-hybridized carbons (Fsp3) is 0.433. The van der Waals surface area contributed by atoms with E-state index in [1.54, 1.807) is 37.4 Å². The monoisotopic (exact) mass is 659 g/mol. The van der Waals surface area contributed by atoms with Crippen molar-refractivity contribution in [1.82, 2.24) is 15.4 Å². The Hall–Kier alpha value is -3.20. The fourth-order valence-electron chi connectivity index (χ4n) is 4.04. The zero-order valence-electron chi connectivity index (χ0n) is 25.1. The zero-order chi connectivity index (χ0) is 33.0. The van der Waals surface area contributed by atoms with Gasteiger partial charge < -0.3 is 15.4 Å². The van der Waals surface area contributed by atoms with Crippen LogP contribution in [0.25, 0.3) is 12.2 Å². The van der Waals surface area contributed by atoms with Crippen molar-refractivity contribution in [2.45, 2.75) is 56.3 Å². The van der Waals surface area contributed by atoms with Crippen LogP contribution in [0.2, 0.25) is 0 Å². The van der Waals surface area contributed by atoms with Gasteiger partial charge in [-0.25, -0.2) is 21.6 Å². The molecule has 1 aliphatic heterocycles. The van der Waals surface area contributed by atoms with Crippen LogP contribution in [0.5, 0.6) is 0 Å². The molecular formula is C30H40F3N3O6S2. The molecule has 44 heavy (non-hydrogen) atoms. The highest BCUT2D eigenvalue weighted by atomic mass is 32.2. The Morgan fingerprint density at radius 2 is 1.66 bits per heavy atom. The maximum Gasteiger partial charge on any atom is 0.416 e. The van der Waals surface area contributed by atoms with Gasteiger partial charge in [0.15, 0.2) is 9.84 Å². The third-order valence-electron chi connectivity index (χ3n) is 6.19. The van der Waals surface area contributed by atoms with E-state index in [9.17, 15) is 34.8 Å². The molecule has 2 aromatic rings. The van der Waals surface area contributed by atoms with E-state index < -0.39 is 48.7 Å². The lowest BCUT2D eigenvalue weighted by molar-refractivity contribution is -0.139. The molecule has 0 aromatic heterocycles. The van der Waals surface area contributed by atoms with Crippen LogP contribution in [-0.2, 0) is 35.6 Å². The van der Waals surface area contributed by atoms with Gasteiger partial charge in [0.05, 0.1) is 22.0 Å². The highest BCUT2D eigenvalue weighted by Crippen LogP contribution is 2.34. The molecule has 0 bridgehead atoms. The molecule has 14 heteroatoms. The highest BCUT2D eigenvalue weighted by Gasteiger charge is 2.33. The summed E-state index contributed by atoms with van der Waals surface area (Å²) < 4.78 is 98.9. The number of rotatable bonds is 11. The molecule has 1 saturated heterocycles. The Bertz CT molecular complexity index is 1500. The van der Waals surface area contributed by atoms with Gasteiger partial charge in [0.25, 0.3) is 6.47 Å². The lowest BCUT2D eigenvalue weighted by Gasteiger charge is -2.23. The van der Waals surface area contributed by atoms with Crippen LogP contribution in [0.15, 0.2) is 65.2 Å². The first-order chi connectivity index (χ1) is 20.5. The normalized spacial score (nSPS) is 15.4. The van der Waals surface area contributed by atoms with E-state index in [0.29, 0.717) is 44.2 Å². The molecule has 0 aliphatic carbocycles. The summed E-state index contributed by atoms with van der Waals surface area (Å²) in [6.07, 6.45) is 0.226. The first kappa shape index (κ1) is 37.0. The SMILES string of the molecule is CC(C)(C)OC=O.CNC(=Cc1ccccc1)CS(=O)(=O)c1ccc(C(F)(F)F)c(C=CCS(=O)(=O)NC2CCNCC2)c1. The van der Waals surface area contributed by atoms with Crippen molar-refractivity contribution in [1.29, 1.82) is 0 Å². The van der Waals surface area contributed by atoms with E-state index >= 15 is 0 Å². The number of piperidine rings is 1. The summed E-state index contributed by atoms with van der Waals surface area (Å²) in [7, 11) is -6.23. The molecule has 0 radical (unpaired) electrons. The average molecular weight is 660 g/mol. The predicted octanol–water partition coefficient (Wildman–Crippen LogP) is 4.38. The van der Waals surface area contributed by atoms with Crippen LogP contribution in [0, 0.1) is 0 Å². The van der Waals surface area contributed by atoms with E-state index in [4.69, 9.17) is 0 Å². The Kier molecular flexibility index (Phi) is 13.6. The first-order valence-electron chi connectivity index (χ1n) is 13.8. The van der Waals surface area contributed by atoms with E-state index in [1.807, 2.05) is 26.8 Å². The average Bonchev–Trinajstić information content (AvgIpc) is 2.92. The quantitative estimate of drug-likeness (QED) is 0.303. The Morgan fingerprint density at radius 3 is 2.18 bits per heavy atom. The van der Waals surface area contributed by atoms with Gasteiger partial charge in [-0.3, -0.25) is 4.79 Å². The van der Waals surface area contributed by atoms with Gasteiger partial charge in [-0.1, -0.05) is 42.5 Å². The number of sulfonamides is 1. The number of nitrogens with one attached hydrogen (secondary N) is 3. The lowest BCUT2D eigenvalue weighted by atomic mass is 10.1. The van der Waals surface area contributed by atoms with Crippen LogP contribution >= 0.6 is 0 Å². The van der Waals surface area contributed by atoms with Crippen LogP contribution in [0.4, 0.5) is 13.2 Å². The van der Waals surface area contributed by atoms with Gasteiger partial charge in [0, 0.05) is 18.8 Å². The summed E-state index contributed by atoms with van der Waals surface area (Å²) in [5, 5.41) is 5.94. The molecule has 3 N–H and O–H groups in total. The lowest BCUT2D eigenvalue weighted by Crippen LogP contribution is -2.43. The summed E-state index contributed by atoms with van der Waals surface area (Å²) in [6, 6.07) is 11.3. The molecule has 2 aromatic carbocycles. The molecule has 1 fully saturated rings. The van der Waals surface area contributed by atoms with Crippen molar-refractivity contribution in [3.63, 3.8) is 0 Å². The number of ether oxygens (including phenoxy) is 1. The minimum atomic E-state index is -4.75. The molecule has 0 saturated carbocycles. The van der Waals surface area contributed by atoms with E-state index in [0.717, 1.165) is 29.8 Å². The summed E-state index contributed by atoms with van der Waals surface area (Å²) in [6.45, 7) is 7.27. The zero-order valence-corrected chi connectivity index (χ0v) is 26.8. The standard InChI is InChI=1S/C25H30F3N3O4S2.C5H10O2/c1-29-22(16-19-6-3-2-4-7-19)18-36(32,33)23-9-10-24(25(26,27)28)20(17-23)8-5-15-37(34,35)31-21-11-13-30-14-12-21;1-5(2,3)7-4-6/h2-10,16-17,21,29-31H,11-15,18H2,1H3;4H,1-3H3. The summed E-state index contributed by atoms with van der Waals surface area (Å²) >= 11 is 0. The van der Waals surface area contributed by atoms with Crippen LogP contribution in [-0.4, -0.2) is 66.6 Å². The highest BCUT2D eigenvalue weighted by molar-refractivity contribution is 7.91. The van der Waals surface area contributed by atoms with Gasteiger partial charge in [-0.2, -0.15) is 13.2 Å². The number of hydrogen-bond donors (Lipinski definition) is 3. The Labute approximate surface area is 257 Å². The van der Waals surface area contributed by atoms with Crippen LogP contribution in [0.1, 0.15) is 50.3 Å². The molecule has 0 unspecified atom stereocenters. The number of carbonyl (C=O) groups excluding carboxylic acids is 1. The van der Waals surface area contributed by atoms with E-state index in [2.05, 4.69) is 20.1 Å². The van der Waals surface area contributed by atoms with Gasteiger partial charge in [0.1, 0.15) is 5.60 Å². The van der Waals surface area contributed by atoms with E-state index in [1.165, 1.54) is 0 Å². The number of alkyl halides is 3. The number of benzene rings is 2. The molecular weight excluding hydrogens is 619 g/mol. The van der Waals surface area contributed by atoms with Crippen LogP contribution < -0.4 is 15.4 Å². The van der Waals surface area contributed by atoms with Crippen molar-refractivity contribution in [2.24, 2.45) is 0 Å². The second kappa shape index (κ2) is 16.2. The predicted molar refractivity (Wildman–Crippen MR) is 166 cm³/mol. The van der Waals surface area contributed by atoms with Crippen molar-refractivity contribution in [3.8, 4) is 0 Å². The smallest absolute Gasteiger partial charge is 0.416 e. The topological polar surface area (TPSA) is 131 Å². The van der Waals surface area contributed by atoms with Gasteiger partial charge in [-0.15, -0.1) is 0 Å². The minimum absolute atomic E-state index is 0.232. The van der Waals surface area contributed by atoms with Gasteiger partial charge >= 0.3 is 6.18 Å². The van der Waals surface area contributed by atoms with Crippen LogP contribution in [0.3, 0.4) is 0 Å². The summed E-state index contributed by atoms with van der Waals surface area (Å²) in [5.74, 6) is -0.990. The van der Waals surface area contributed by atoms with E-state index in [-0.39, 0.29) is 16.5 Å². The fourth-order valence-corrected chi connectivity index (χ4v) is 6.62. The number of carbonyl (C=O) groups is 1. The van der Waals surface area contributed by atoms with Gasteiger partial charge in [-0.05, 0) is 82.1 Å². The maximum absolute atomic E-state index is 13.6.